The van der Waals surface area contributed by atoms with E-state index in [4.69, 9.17) is 11.0 Å². The Hall–Kier alpha value is -2.08. The minimum Gasteiger partial charge on any atom is -0.461 e. The summed E-state index contributed by atoms with van der Waals surface area (Å²) in [7, 11) is 0. The summed E-state index contributed by atoms with van der Waals surface area (Å²) in [4.78, 5) is 14.9. The van der Waals surface area contributed by atoms with Crippen LogP contribution in [0.1, 0.15) is 5.76 Å². The molecule has 2 rings (SSSR count). The molecule has 0 fully saturated rings. The van der Waals surface area contributed by atoms with Crippen LogP contribution in [0.4, 0.5) is 0 Å². The molecule has 2 aromatic rings. The van der Waals surface area contributed by atoms with Crippen molar-refractivity contribution in [2.75, 3.05) is 6.54 Å². The number of para-hydroxylation sites is 1. The second-order valence-corrected chi connectivity index (χ2v) is 3.20. The van der Waals surface area contributed by atoms with Crippen LogP contribution in [0, 0.1) is 6.57 Å². The average molecular weight is 199 g/mol. The lowest BCUT2D eigenvalue weighted by Crippen LogP contribution is -2.02. The summed E-state index contributed by atoms with van der Waals surface area (Å²) in [6.07, 6.45) is 0.490. The van der Waals surface area contributed by atoms with Crippen molar-refractivity contribution in [1.82, 2.24) is 0 Å². The number of fused-ring (bicyclic) bond motifs is 1. The van der Waals surface area contributed by atoms with Crippen LogP contribution < -0.4 is 5.43 Å². The quantitative estimate of drug-likeness (QED) is 0.695. The zero-order valence-corrected chi connectivity index (χ0v) is 8.06. The predicted molar refractivity (Wildman–Crippen MR) is 57.7 cm³/mol. The molecule has 0 aliphatic heterocycles. The second-order valence-electron chi connectivity index (χ2n) is 3.20. The first kappa shape index (κ1) is 9.47. The van der Waals surface area contributed by atoms with E-state index in [9.17, 15) is 4.79 Å². The Morgan fingerprint density at radius 2 is 2.13 bits per heavy atom. The summed E-state index contributed by atoms with van der Waals surface area (Å²) in [5, 5.41) is 0.587. The molecule has 15 heavy (non-hydrogen) atoms. The van der Waals surface area contributed by atoms with E-state index in [-0.39, 0.29) is 5.43 Å². The molecule has 74 valence electrons. The van der Waals surface area contributed by atoms with Crippen LogP contribution in [0.15, 0.2) is 39.5 Å². The van der Waals surface area contributed by atoms with Gasteiger partial charge in [0.1, 0.15) is 11.3 Å². The fraction of sp³-hybridized carbons (Fsp3) is 0.167. The van der Waals surface area contributed by atoms with Gasteiger partial charge in [0.05, 0.1) is 11.8 Å². The third kappa shape index (κ3) is 1.89. The standard InChI is InChI=1S/C12H9NO2/c1-13-7-6-9-8-11(14)10-4-2-3-5-12(10)15-9/h2-5,8H,6-7H2. The second kappa shape index (κ2) is 3.97. The Labute approximate surface area is 86.8 Å². The van der Waals surface area contributed by atoms with Crippen LogP contribution in [-0.2, 0) is 6.42 Å². The predicted octanol–water partition coefficient (Wildman–Crippen LogP) is 2.25. The van der Waals surface area contributed by atoms with E-state index in [1.165, 1.54) is 6.07 Å². The molecule has 0 amide bonds. The third-order valence-electron chi connectivity index (χ3n) is 2.16. The number of nitrogens with zero attached hydrogens (tertiary/aromatic N) is 1. The zero-order valence-electron chi connectivity index (χ0n) is 8.06. The van der Waals surface area contributed by atoms with Crippen molar-refractivity contribution in [2.24, 2.45) is 0 Å². The lowest BCUT2D eigenvalue weighted by Gasteiger charge is -1.98. The maximum atomic E-state index is 11.6. The highest BCUT2D eigenvalue weighted by atomic mass is 16.3. The van der Waals surface area contributed by atoms with Gasteiger partial charge < -0.3 is 9.26 Å². The smallest absolute Gasteiger partial charge is 0.221 e. The Kier molecular flexibility index (Phi) is 2.51. The van der Waals surface area contributed by atoms with Crippen molar-refractivity contribution in [3.63, 3.8) is 0 Å². The molecule has 0 aliphatic carbocycles. The van der Waals surface area contributed by atoms with Crippen LogP contribution in [0.2, 0.25) is 0 Å². The molecule has 0 atom stereocenters. The fourth-order valence-corrected chi connectivity index (χ4v) is 1.44. The monoisotopic (exact) mass is 199 g/mol. The van der Waals surface area contributed by atoms with Crippen LogP contribution in [0.25, 0.3) is 15.8 Å². The van der Waals surface area contributed by atoms with Crippen LogP contribution in [0.3, 0.4) is 0 Å². The van der Waals surface area contributed by atoms with Gasteiger partial charge in [-0.25, -0.2) is 6.57 Å². The molecule has 1 aromatic heterocycles. The molecular formula is C12H9NO2. The minimum absolute atomic E-state index is 0.0446. The normalized spacial score (nSPS) is 10.1. The van der Waals surface area contributed by atoms with E-state index in [2.05, 4.69) is 4.85 Å². The molecule has 0 N–H and O–H groups in total. The van der Waals surface area contributed by atoms with Gasteiger partial charge in [0.2, 0.25) is 6.54 Å². The Bertz CT molecular complexity index is 578. The summed E-state index contributed by atoms with van der Waals surface area (Å²) in [5.41, 5.74) is 0.543. The topological polar surface area (TPSA) is 34.6 Å². The van der Waals surface area contributed by atoms with Crippen molar-refractivity contribution < 1.29 is 4.42 Å². The first-order valence-corrected chi connectivity index (χ1v) is 4.66. The van der Waals surface area contributed by atoms with E-state index < -0.39 is 0 Å². The van der Waals surface area contributed by atoms with Gasteiger partial charge >= 0.3 is 0 Å². The van der Waals surface area contributed by atoms with Gasteiger partial charge in [0.25, 0.3) is 0 Å². The molecule has 0 saturated heterocycles. The Balaban J connectivity index is 2.54. The first-order valence-electron chi connectivity index (χ1n) is 4.66. The molecule has 1 heterocycles. The van der Waals surface area contributed by atoms with Gasteiger partial charge in [-0.2, -0.15) is 0 Å². The Morgan fingerprint density at radius 3 is 2.93 bits per heavy atom. The SMILES string of the molecule is [C-]#[N+]CCc1cc(=O)c2ccccc2o1. The maximum Gasteiger partial charge on any atom is 0.221 e. The highest BCUT2D eigenvalue weighted by Gasteiger charge is 2.04. The van der Waals surface area contributed by atoms with Crippen LogP contribution in [0.5, 0.6) is 0 Å². The number of rotatable bonds is 2. The molecule has 0 saturated carbocycles. The van der Waals surface area contributed by atoms with Crippen molar-refractivity contribution in [1.29, 1.82) is 0 Å². The zero-order chi connectivity index (χ0) is 10.7. The molecule has 3 nitrogen and oxygen atoms in total. The average Bonchev–Trinajstić information content (AvgIpc) is 2.26. The number of hydrogen-bond donors (Lipinski definition) is 0. The molecular weight excluding hydrogens is 190 g/mol. The summed E-state index contributed by atoms with van der Waals surface area (Å²) >= 11 is 0. The van der Waals surface area contributed by atoms with E-state index in [0.29, 0.717) is 29.7 Å². The highest BCUT2D eigenvalue weighted by molar-refractivity contribution is 5.76. The molecule has 1 aromatic carbocycles. The molecule has 3 heteroatoms. The summed E-state index contributed by atoms with van der Waals surface area (Å²) in [5.74, 6) is 0.578. The summed E-state index contributed by atoms with van der Waals surface area (Å²) in [6.45, 7) is 7.02. The third-order valence-corrected chi connectivity index (χ3v) is 2.16. The van der Waals surface area contributed by atoms with Gasteiger partial charge in [-0.05, 0) is 12.1 Å². The van der Waals surface area contributed by atoms with Crippen molar-refractivity contribution in [3.8, 4) is 0 Å². The van der Waals surface area contributed by atoms with Crippen molar-refractivity contribution in [3.05, 3.63) is 57.7 Å². The summed E-state index contributed by atoms with van der Waals surface area (Å²) < 4.78 is 5.50. The van der Waals surface area contributed by atoms with Gasteiger partial charge in [0, 0.05) is 6.07 Å². The largest absolute Gasteiger partial charge is 0.461 e. The molecule has 0 radical (unpaired) electrons. The lowest BCUT2D eigenvalue weighted by molar-refractivity contribution is 0.541. The Morgan fingerprint density at radius 1 is 1.33 bits per heavy atom. The fourth-order valence-electron chi connectivity index (χ4n) is 1.44. The number of benzene rings is 1. The van der Waals surface area contributed by atoms with Gasteiger partial charge in [0.15, 0.2) is 5.43 Å². The number of hydrogen-bond acceptors (Lipinski definition) is 2. The first-order chi connectivity index (χ1) is 7.31. The van der Waals surface area contributed by atoms with Gasteiger partial charge in [-0.3, -0.25) is 4.79 Å². The van der Waals surface area contributed by atoms with Crippen LogP contribution >= 0.6 is 0 Å². The minimum atomic E-state index is -0.0446. The molecule has 0 aliphatic rings. The summed E-state index contributed by atoms with van der Waals surface area (Å²) in [6, 6.07) is 8.59. The highest BCUT2D eigenvalue weighted by Crippen LogP contribution is 2.11. The van der Waals surface area contributed by atoms with E-state index in [1.54, 1.807) is 18.2 Å². The van der Waals surface area contributed by atoms with Gasteiger partial charge in [-0.1, -0.05) is 12.1 Å². The van der Waals surface area contributed by atoms with Crippen LogP contribution in [-0.4, -0.2) is 6.54 Å². The van der Waals surface area contributed by atoms with E-state index >= 15 is 0 Å². The lowest BCUT2D eigenvalue weighted by atomic mass is 10.2. The van der Waals surface area contributed by atoms with Crippen molar-refractivity contribution >= 4 is 11.0 Å². The molecule has 0 bridgehead atoms. The molecule has 0 unspecified atom stereocenters. The van der Waals surface area contributed by atoms with E-state index in [0.717, 1.165) is 0 Å². The van der Waals surface area contributed by atoms with Crippen molar-refractivity contribution in [2.45, 2.75) is 6.42 Å². The van der Waals surface area contributed by atoms with Gasteiger partial charge in [-0.15, -0.1) is 0 Å². The van der Waals surface area contributed by atoms with E-state index in [1.807, 2.05) is 6.07 Å². The molecule has 0 spiro atoms. The maximum absolute atomic E-state index is 11.6.